The number of nitrogens with zero attached hydrogens (tertiary/aromatic N) is 5. The summed E-state index contributed by atoms with van der Waals surface area (Å²) >= 11 is 0. The van der Waals surface area contributed by atoms with Crippen LogP contribution in [0.5, 0.6) is 11.5 Å². The first-order chi connectivity index (χ1) is 16.7. The number of methoxy groups -OCH3 is 2. The number of rotatable bonds is 10. The molecular weight excluding hydrogens is 432 g/mol. The lowest BCUT2D eigenvalue weighted by Gasteiger charge is -2.15. The molecule has 0 saturated carbocycles. The molecule has 174 valence electrons. The number of carbonyl (C=O) groups excluding carboxylic acids is 1. The molecule has 34 heavy (non-hydrogen) atoms. The Kier molecular flexibility index (Phi) is 7.44. The normalized spacial score (nSPS) is 10.6. The van der Waals surface area contributed by atoms with Crippen molar-refractivity contribution < 1.29 is 14.3 Å². The summed E-state index contributed by atoms with van der Waals surface area (Å²) in [7, 11) is 3.25. The number of aryl methyl sites for hydroxylation is 2. The zero-order valence-corrected chi connectivity index (χ0v) is 19.1. The zero-order chi connectivity index (χ0) is 23.8. The molecule has 0 spiro atoms. The number of hydrogen-bond donors (Lipinski definition) is 1. The molecule has 0 aliphatic carbocycles. The molecule has 0 radical (unpaired) electrons. The van der Waals surface area contributed by atoms with Gasteiger partial charge in [0.05, 0.1) is 45.3 Å². The van der Waals surface area contributed by atoms with Crippen molar-refractivity contribution in [2.75, 3.05) is 14.2 Å². The smallest absolute Gasteiger partial charge is 0.253 e. The molecule has 0 aliphatic heterocycles. The Hall–Kier alpha value is -4.27. The summed E-state index contributed by atoms with van der Waals surface area (Å²) in [5, 5.41) is 19.2. The summed E-state index contributed by atoms with van der Waals surface area (Å²) in [4.78, 5) is 12.5. The molecule has 1 amide bonds. The molecule has 9 heteroatoms. The maximum absolute atomic E-state index is 12.5. The van der Waals surface area contributed by atoms with Gasteiger partial charge in [-0.3, -0.25) is 4.79 Å². The first-order valence-electron chi connectivity index (χ1n) is 10.9. The molecule has 0 fully saturated rings. The predicted molar refractivity (Wildman–Crippen MR) is 126 cm³/mol. The SMILES string of the molecule is COc1ccc(Cn2c(CCc3ccccc3)nnc2CNC(=O)c2ccnnc2)c(OC)c1. The van der Waals surface area contributed by atoms with Crippen LogP contribution in [0.4, 0.5) is 0 Å². The Bertz CT molecular complexity index is 1230. The van der Waals surface area contributed by atoms with Crippen LogP contribution in [-0.2, 0) is 25.9 Å². The molecule has 4 aromatic rings. The highest BCUT2D eigenvalue weighted by molar-refractivity contribution is 5.93. The number of benzene rings is 2. The molecule has 0 saturated heterocycles. The number of hydrogen-bond acceptors (Lipinski definition) is 7. The van der Waals surface area contributed by atoms with E-state index in [1.807, 2.05) is 41.0 Å². The highest BCUT2D eigenvalue weighted by Crippen LogP contribution is 2.26. The van der Waals surface area contributed by atoms with Gasteiger partial charge < -0.3 is 19.4 Å². The topological polar surface area (TPSA) is 104 Å². The van der Waals surface area contributed by atoms with E-state index < -0.39 is 0 Å². The van der Waals surface area contributed by atoms with Gasteiger partial charge in [-0.2, -0.15) is 10.2 Å². The maximum Gasteiger partial charge on any atom is 0.253 e. The van der Waals surface area contributed by atoms with E-state index in [2.05, 4.69) is 37.8 Å². The Balaban J connectivity index is 1.58. The first kappa shape index (κ1) is 22.9. The van der Waals surface area contributed by atoms with Gasteiger partial charge in [-0.15, -0.1) is 10.2 Å². The second kappa shape index (κ2) is 11.0. The Labute approximate surface area is 197 Å². The number of aromatic nitrogens is 5. The minimum atomic E-state index is -0.252. The summed E-state index contributed by atoms with van der Waals surface area (Å²) in [6, 6.07) is 17.6. The average molecular weight is 459 g/mol. The summed E-state index contributed by atoms with van der Waals surface area (Å²) in [6.07, 6.45) is 4.44. The van der Waals surface area contributed by atoms with Crippen molar-refractivity contribution in [3.05, 3.63) is 95.3 Å². The van der Waals surface area contributed by atoms with Crippen LogP contribution in [-0.4, -0.2) is 45.1 Å². The van der Waals surface area contributed by atoms with E-state index in [1.165, 1.54) is 18.0 Å². The number of nitrogens with one attached hydrogen (secondary N) is 1. The lowest BCUT2D eigenvalue weighted by Crippen LogP contribution is -2.25. The van der Waals surface area contributed by atoms with Gasteiger partial charge in [0.25, 0.3) is 5.91 Å². The molecule has 0 bridgehead atoms. The third-order valence-electron chi connectivity index (χ3n) is 5.46. The quantitative estimate of drug-likeness (QED) is 0.390. The maximum atomic E-state index is 12.5. The van der Waals surface area contributed by atoms with Crippen LogP contribution in [0, 0.1) is 0 Å². The number of carbonyl (C=O) groups is 1. The summed E-state index contributed by atoms with van der Waals surface area (Å²) < 4.78 is 12.9. The van der Waals surface area contributed by atoms with Gasteiger partial charge in [0.2, 0.25) is 0 Å². The van der Waals surface area contributed by atoms with Crippen molar-refractivity contribution in [3.8, 4) is 11.5 Å². The lowest BCUT2D eigenvalue weighted by atomic mass is 10.1. The van der Waals surface area contributed by atoms with E-state index in [-0.39, 0.29) is 12.5 Å². The van der Waals surface area contributed by atoms with E-state index in [1.54, 1.807) is 20.3 Å². The molecular formula is C25H26N6O3. The Morgan fingerprint density at radius 1 is 0.941 bits per heavy atom. The molecule has 1 N–H and O–H groups in total. The van der Waals surface area contributed by atoms with Gasteiger partial charge in [-0.25, -0.2) is 0 Å². The first-order valence-corrected chi connectivity index (χ1v) is 10.9. The van der Waals surface area contributed by atoms with Crippen LogP contribution < -0.4 is 14.8 Å². The van der Waals surface area contributed by atoms with Crippen molar-refractivity contribution in [1.82, 2.24) is 30.3 Å². The Morgan fingerprint density at radius 3 is 2.50 bits per heavy atom. The molecule has 2 aromatic heterocycles. The van der Waals surface area contributed by atoms with Gasteiger partial charge in [-0.05, 0) is 30.2 Å². The zero-order valence-electron chi connectivity index (χ0n) is 19.1. The van der Waals surface area contributed by atoms with Crippen molar-refractivity contribution >= 4 is 5.91 Å². The molecule has 4 rings (SSSR count). The Morgan fingerprint density at radius 2 is 1.76 bits per heavy atom. The van der Waals surface area contributed by atoms with E-state index in [4.69, 9.17) is 9.47 Å². The van der Waals surface area contributed by atoms with Gasteiger partial charge in [-0.1, -0.05) is 30.3 Å². The summed E-state index contributed by atoms with van der Waals surface area (Å²) in [5.74, 6) is 2.65. The monoisotopic (exact) mass is 458 g/mol. The van der Waals surface area contributed by atoms with Crippen molar-refractivity contribution in [2.45, 2.75) is 25.9 Å². The van der Waals surface area contributed by atoms with Crippen molar-refractivity contribution in [1.29, 1.82) is 0 Å². The van der Waals surface area contributed by atoms with Crippen molar-refractivity contribution in [3.63, 3.8) is 0 Å². The fraction of sp³-hybridized carbons (Fsp3) is 0.240. The number of ether oxygens (including phenoxy) is 2. The van der Waals surface area contributed by atoms with Gasteiger partial charge in [0.1, 0.15) is 17.3 Å². The molecule has 2 aromatic carbocycles. The van der Waals surface area contributed by atoms with Crippen LogP contribution in [0.15, 0.2) is 67.0 Å². The second-order valence-corrected chi connectivity index (χ2v) is 7.60. The highest BCUT2D eigenvalue weighted by Gasteiger charge is 2.16. The molecule has 0 aliphatic rings. The minimum absolute atomic E-state index is 0.220. The highest BCUT2D eigenvalue weighted by atomic mass is 16.5. The van der Waals surface area contributed by atoms with E-state index in [0.29, 0.717) is 35.9 Å². The van der Waals surface area contributed by atoms with Gasteiger partial charge in [0, 0.05) is 18.1 Å². The minimum Gasteiger partial charge on any atom is -0.497 e. The lowest BCUT2D eigenvalue weighted by molar-refractivity contribution is 0.0949. The van der Waals surface area contributed by atoms with E-state index >= 15 is 0 Å². The largest absolute Gasteiger partial charge is 0.497 e. The number of amides is 1. The third kappa shape index (κ3) is 5.55. The fourth-order valence-corrected chi connectivity index (χ4v) is 3.61. The van der Waals surface area contributed by atoms with Crippen LogP contribution in [0.3, 0.4) is 0 Å². The van der Waals surface area contributed by atoms with Gasteiger partial charge in [0.15, 0.2) is 5.82 Å². The fourth-order valence-electron chi connectivity index (χ4n) is 3.61. The van der Waals surface area contributed by atoms with Gasteiger partial charge >= 0.3 is 0 Å². The molecule has 9 nitrogen and oxygen atoms in total. The van der Waals surface area contributed by atoms with Crippen LogP contribution in [0.1, 0.15) is 33.1 Å². The predicted octanol–water partition coefficient (Wildman–Crippen LogP) is 2.85. The second-order valence-electron chi connectivity index (χ2n) is 7.60. The molecule has 2 heterocycles. The van der Waals surface area contributed by atoms with E-state index in [9.17, 15) is 4.79 Å². The summed E-state index contributed by atoms with van der Waals surface area (Å²) in [6.45, 7) is 0.713. The molecule has 0 atom stereocenters. The summed E-state index contributed by atoms with van der Waals surface area (Å²) in [5.41, 5.74) is 2.61. The van der Waals surface area contributed by atoms with Crippen LogP contribution in [0.2, 0.25) is 0 Å². The molecule has 0 unspecified atom stereocenters. The standard InChI is InChI=1S/C25H26N6O3/c1-33-21-10-9-20(22(14-21)34-2)17-31-23(11-8-18-6-4-3-5-7-18)29-30-24(31)16-26-25(32)19-12-13-27-28-15-19/h3-7,9-10,12-15H,8,11,16-17H2,1-2H3,(H,26,32). The van der Waals surface area contributed by atoms with Crippen LogP contribution in [0.25, 0.3) is 0 Å². The third-order valence-corrected chi connectivity index (χ3v) is 5.46. The van der Waals surface area contributed by atoms with Crippen molar-refractivity contribution in [2.24, 2.45) is 0 Å². The average Bonchev–Trinajstić information content (AvgIpc) is 3.28. The van der Waals surface area contributed by atoms with Crippen LogP contribution >= 0.6 is 0 Å². The van der Waals surface area contributed by atoms with E-state index in [0.717, 1.165) is 17.8 Å².